The van der Waals surface area contributed by atoms with Gasteiger partial charge in [0.15, 0.2) is 5.13 Å². The minimum atomic E-state index is -0.359. The second-order valence-electron chi connectivity index (χ2n) is 6.15. The van der Waals surface area contributed by atoms with Crippen LogP contribution in [0.2, 0.25) is 0 Å². The molecule has 1 aliphatic rings. The van der Waals surface area contributed by atoms with Crippen LogP contribution in [0.1, 0.15) is 11.8 Å². The summed E-state index contributed by atoms with van der Waals surface area (Å²) in [5.74, 6) is -0.475. The van der Waals surface area contributed by atoms with Crippen molar-refractivity contribution in [1.29, 1.82) is 0 Å². The number of nitrogen functional groups attached to an aromatic ring is 1. The lowest BCUT2D eigenvalue weighted by Gasteiger charge is -2.37. The Hall–Kier alpha value is -2.03. The Bertz CT molecular complexity index is 729. The molecule has 1 fully saturated rings. The molecular formula is C17H22FN5OS. The predicted octanol–water partition coefficient (Wildman–Crippen LogP) is 2.01. The van der Waals surface area contributed by atoms with Gasteiger partial charge in [-0.3, -0.25) is 14.6 Å². The van der Waals surface area contributed by atoms with Crippen molar-refractivity contribution in [1.82, 2.24) is 14.8 Å². The Labute approximate surface area is 150 Å². The van der Waals surface area contributed by atoms with E-state index in [1.807, 2.05) is 13.1 Å². The maximum Gasteiger partial charge on any atom is 0.241 e. The second kappa shape index (κ2) is 7.90. The number of anilines is 2. The molecular weight excluding hydrogens is 341 g/mol. The SMILES string of the molecule is CC(C(=O)Nc1cccc(F)c1)N1CCN(Cc2cnc(N)s2)CC1. The van der Waals surface area contributed by atoms with Crippen LogP contribution in [0.5, 0.6) is 0 Å². The zero-order valence-electron chi connectivity index (χ0n) is 14.1. The number of thiazole rings is 1. The van der Waals surface area contributed by atoms with Crippen LogP contribution < -0.4 is 11.1 Å². The van der Waals surface area contributed by atoms with E-state index < -0.39 is 0 Å². The van der Waals surface area contributed by atoms with Crippen LogP contribution in [0.3, 0.4) is 0 Å². The number of benzene rings is 1. The molecule has 1 unspecified atom stereocenters. The first kappa shape index (κ1) is 17.8. The third-order valence-electron chi connectivity index (χ3n) is 4.38. The molecule has 1 saturated heterocycles. The van der Waals surface area contributed by atoms with Crippen LogP contribution >= 0.6 is 11.3 Å². The summed E-state index contributed by atoms with van der Waals surface area (Å²) in [5, 5.41) is 3.37. The van der Waals surface area contributed by atoms with Crippen molar-refractivity contribution in [2.24, 2.45) is 0 Å². The van der Waals surface area contributed by atoms with Gasteiger partial charge in [0.1, 0.15) is 5.82 Å². The van der Waals surface area contributed by atoms with Crippen LogP contribution in [-0.2, 0) is 11.3 Å². The largest absolute Gasteiger partial charge is 0.375 e. The van der Waals surface area contributed by atoms with Crippen molar-refractivity contribution >= 4 is 28.1 Å². The molecule has 6 nitrogen and oxygen atoms in total. The Morgan fingerprint density at radius 2 is 2.16 bits per heavy atom. The number of halogens is 1. The number of rotatable bonds is 5. The van der Waals surface area contributed by atoms with Crippen LogP contribution in [0, 0.1) is 5.82 Å². The zero-order valence-corrected chi connectivity index (χ0v) is 14.9. The molecule has 3 rings (SSSR count). The Morgan fingerprint density at radius 3 is 2.80 bits per heavy atom. The van der Waals surface area contributed by atoms with Gasteiger partial charge in [0.25, 0.3) is 0 Å². The van der Waals surface area contributed by atoms with Gasteiger partial charge in [-0.05, 0) is 25.1 Å². The number of hydrogen-bond donors (Lipinski definition) is 2. The molecule has 2 heterocycles. The lowest BCUT2D eigenvalue weighted by atomic mass is 10.2. The van der Waals surface area contributed by atoms with E-state index in [1.54, 1.807) is 12.1 Å². The van der Waals surface area contributed by atoms with Gasteiger partial charge in [0, 0.05) is 49.5 Å². The van der Waals surface area contributed by atoms with E-state index in [1.165, 1.54) is 23.5 Å². The highest BCUT2D eigenvalue weighted by atomic mass is 32.1. The van der Waals surface area contributed by atoms with Crippen LogP contribution in [0.25, 0.3) is 0 Å². The molecule has 8 heteroatoms. The van der Waals surface area contributed by atoms with E-state index in [9.17, 15) is 9.18 Å². The first-order chi connectivity index (χ1) is 12.0. The van der Waals surface area contributed by atoms with E-state index in [0.29, 0.717) is 10.8 Å². The van der Waals surface area contributed by atoms with Crippen molar-refractivity contribution < 1.29 is 9.18 Å². The fourth-order valence-corrected chi connectivity index (χ4v) is 3.63. The summed E-state index contributed by atoms with van der Waals surface area (Å²) in [7, 11) is 0. The molecule has 1 amide bonds. The second-order valence-corrected chi connectivity index (χ2v) is 7.30. The molecule has 1 aliphatic heterocycles. The first-order valence-electron chi connectivity index (χ1n) is 8.24. The summed E-state index contributed by atoms with van der Waals surface area (Å²) in [4.78, 5) is 22.1. The van der Waals surface area contributed by atoms with E-state index in [4.69, 9.17) is 5.73 Å². The number of aromatic nitrogens is 1. The van der Waals surface area contributed by atoms with Gasteiger partial charge in [0.2, 0.25) is 5.91 Å². The van der Waals surface area contributed by atoms with Crippen molar-refractivity contribution in [3.8, 4) is 0 Å². The number of nitrogens with one attached hydrogen (secondary N) is 1. The van der Waals surface area contributed by atoms with Crippen LogP contribution in [0.4, 0.5) is 15.2 Å². The van der Waals surface area contributed by atoms with E-state index in [0.717, 1.165) is 37.6 Å². The Kier molecular flexibility index (Phi) is 5.62. The molecule has 0 saturated carbocycles. The minimum absolute atomic E-state index is 0.116. The van der Waals surface area contributed by atoms with Gasteiger partial charge in [0.05, 0.1) is 6.04 Å². The zero-order chi connectivity index (χ0) is 17.8. The quantitative estimate of drug-likeness (QED) is 0.850. The number of carbonyl (C=O) groups is 1. The Morgan fingerprint density at radius 1 is 1.40 bits per heavy atom. The highest BCUT2D eigenvalue weighted by Crippen LogP contribution is 2.18. The highest BCUT2D eigenvalue weighted by molar-refractivity contribution is 7.15. The van der Waals surface area contributed by atoms with Gasteiger partial charge >= 0.3 is 0 Å². The lowest BCUT2D eigenvalue weighted by molar-refractivity contribution is -0.121. The molecule has 25 heavy (non-hydrogen) atoms. The first-order valence-corrected chi connectivity index (χ1v) is 9.06. The molecule has 1 aromatic heterocycles. The molecule has 0 spiro atoms. The van der Waals surface area contributed by atoms with Gasteiger partial charge in [-0.25, -0.2) is 9.37 Å². The van der Waals surface area contributed by atoms with Gasteiger partial charge in [-0.2, -0.15) is 0 Å². The standard InChI is InChI=1S/C17H22FN5OS/c1-12(16(24)21-14-4-2-3-13(18)9-14)23-7-5-22(6-8-23)11-15-10-20-17(19)25-15/h2-4,9-10,12H,5-8,11H2,1H3,(H2,19,20)(H,21,24). The Balaban J connectivity index is 1.49. The smallest absolute Gasteiger partial charge is 0.241 e. The number of piperazine rings is 1. The number of amides is 1. The number of hydrogen-bond acceptors (Lipinski definition) is 6. The fourth-order valence-electron chi connectivity index (χ4n) is 2.90. The van der Waals surface area contributed by atoms with Gasteiger partial charge in [-0.15, -0.1) is 11.3 Å². The molecule has 0 bridgehead atoms. The minimum Gasteiger partial charge on any atom is -0.375 e. The van der Waals surface area contributed by atoms with Crippen molar-refractivity contribution in [3.63, 3.8) is 0 Å². The van der Waals surface area contributed by atoms with Crippen molar-refractivity contribution in [2.45, 2.75) is 19.5 Å². The summed E-state index contributed by atoms with van der Waals surface area (Å²) in [6.45, 7) is 6.11. The average Bonchev–Trinajstić information content (AvgIpc) is 3.00. The number of nitrogens with zero attached hydrogens (tertiary/aromatic N) is 3. The maximum absolute atomic E-state index is 13.2. The third-order valence-corrected chi connectivity index (χ3v) is 5.19. The topological polar surface area (TPSA) is 74.5 Å². The summed E-state index contributed by atoms with van der Waals surface area (Å²) >= 11 is 1.51. The maximum atomic E-state index is 13.2. The highest BCUT2D eigenvalue weighted by Gasteiger charge is 2.25. The molecule has 0 aliphatic carbocycles. The number of carbonyl (C=O) groups excluding carboxylic acids is 1. The third kappa shape index (κ3) is 4.75. The van der Waals surface area contributed by atoms with Gasteiger partial charge < -0.3 is 11.1 Å². The molecule has 3 N–H and O–H groups in total. The molecule has 1 aromatic carbocycles. The predicted molar refractivity (Wildman–Crippen MR) is 97.9 cm³/mol. The number of nitrogens with two attached hydrogens (primary N) is 1. The lowest BCUT2D eigenvalue weighted by Crippen LogP contribution is -2.52. The molecule has 2 aromatic rings. The summed E-state index contributed by atoms with van der Waals surface area (Å²) in [5.41, 5.74) is 6.15. The van der Waals surface area contributed by atoms with E-state index in [2.05, 4.69) is 20.1 Å². The van der Waals surface area contributed by atoms with Crippen molar-refractivity contribution in [2.75, 3.05) is 37.2 Å². The van der Waals surface area contributed by atoms with Crippen molar-refractivity contribution in [3.05, 3.63) is 41.2 Å². The average molecular weight is 363 g/mol. The molecule has 0 radical (unpaired) electrons. The summed E-state index contributed by atoms with van der Waals surface area (Å²) in [6, 6.07) is 5.69. The summed E-state index contributed by atoms with van der Waals surface area (Å²) < 4.78 is 13.2. The van der Waals surface area contributed by atoms with Gasteiger partial charge in [-0.1, -0.05) is 6.07 Å². The van der Waals surface area contributed by atoms with E-state index in [-0.39, 0.29) is 17.8 Å². The summed E-state index contributed by atoms with van der Waals surface area (Å²) in [6.07, 6.45) is 1.82. The van der Waals surface area contributed by atoms with Crippen LogP contribution in [0.15, 0.2) is 30.5 Å². The molecule has 1 atom stereocenters. The normalized spacial score (nSPS) is 17.4. The molecule has 134 valence electrons. The monoisotopic (exact) mass is 363 g/mol. The van der Waals surface area contributed by atoms with Crippen LogP contribution in [-0.4, -0.2) is 52.9 Å². The fraction of sp³-hybridized carbons (Fsp3) is 0.412. The van der Waals surface area contributed by atoms with E-state index >= 15 is 0 Å².